The minimum absolute atomic E-state index is 0.705. The van der Waals surface area contributed by atoms with Crippen molar-refractivity contribution in [2.75, 3.05) is 0 Å². The van der Waals surface area contributed by atoms with Crippen LogP contribution in [0.2, 0.25) is 0 Å². The molecule has 0 saturated carbocycles. The summed E-state index contributed by atoms with van der Waals surface area (Å²) >= 11 is 0. The maximum absolute atomic E-state index is 3.84. The van der Waals surface area contributed by atoms with Crippen molar-refractivity contribution < 1.29 is 0 Å². The van der Waals surface area contributed by atoms with Gasteiger partial charge in [0.2, 0.25) is 0 Å². The van der Waals surface area contributed by atoms with E-state index in [-0.39, 0.29) is 0 Å². The van der Waals surface area contributed by atoms with E-state index in [2.05, 4.69) is 68.1 Å². The Kier molecular flexibility index (Phi) is 8.81. The van der Waals surface area contributed by atoms with Gasteiger partial charge in [0.15, 0.2) is 0 Å². The molecule has 0 heterocycles. The molecular formula is C29H38. The molecule has 0 bridgehead atoms. The predicted molar refractivity (Wildman–Crippen MR) is 128 cm³/mol. The highest BCUT2D eigenvalue weighted by molar-refractivity contribution is 5.29. The van der Waals surface area contributed by atoms with Gasteiger partial charge >= 0.3 is 0 Å². The van der Waals surface area contributed by atoms with Crippen molar-refractivity contribution in [1.29, 1.82) is 0 Å². The standard InChI is InChI=1S/C29H38/c1-3-5-7-9-25-10-12-26(13-11-25)14-15-27-18-22-29(23-19-27)28-20-16-24(17-21-28)8-6-4-2/h4,10-13,16,18-19,22-23,28H,2-3,5-9,14-15,17,20-21H2,1H3. The van der Waals surface area contributed by atoms with Gasteiger partial charge in [0, 0.05) is 0 Å². The van der Waals surface area contributed by atoms with Gasteiger partial charge in [-0.25, -0.2) is 0 Å². The van der Waals surface area contributed by atoms with Crippen LogP contribution in [0.1, 0.15) is 86.5 Å². The van der Waals surface area contributed by atoms with Gasteiger partial charge in [-0.2, -0.15) is 0 Å². The molecule has 154 valence electrons. The highest BCUT2D eigenvalue weighted by atomic mass is 14.2. The molecule has 0 aliphatic heterocycles. The minimum Gasteiger partial charge on any atom is -0.103 e. The monoisotopic (exact) mass is 386 g/mol. The summed E-state index contributed by atoms with van der Waals surface area (Å²) in [5.41, 5.74) is 7.55. The Morgan fingerprint density at radius 3 is 2.00 bits per heavy atom. The van der Waals surface area contributed by atoms with Gasteiger partial charge in [-0.05, 0) is 86.0 Å². The molecule has 1 aliphatic rings. The quantitative estimate of drug-likeness (QED) is 0.269. The largest absolute Gasteiger partial charge is 0.103 e. The Labute approximate surface area is 178 Å². The van der Waals surface area contributed by atoms with E-state index in [0.717, 1.165) is 19.3 Å². The fourth-order valence-corrected chi connectivity index (χ4v) is 4.40. The molecule has 0 nitrogen and oxygen atoms in total. The van der Waals surface area contributed by atoms with Gasteiger partial charge in [0.05, 0.1) is 0 Å². The SMILES string of the molecule is C=CCCC1=CCC(c2ccc(CCc3ccc(CCCCC)cc3)cc2)CC1. The van der Waals surface area contributed by atoms with Crippen LogP contribution >= 0.6 is 0 Å². The Balaban J connectivity index is 1.46. The van der Waals surface area contributed by atoms with E-state index in [9.17, 15) is 0 Å². The van der Waals surface area contributed by atoms with Crippen LogP contribution < -0.4 is 0 Å². The van der Waals surface area contributed by atoms with Crippen LogP contribution in [0.3, 0.4) is 0 Å². The number of benzene rings is 2. The first kappa shape index (κ1) is 21.6. The van der Waals surface area contributed by atoms with E-state index >= 15 is 0 Å². The molecule has 0 amide bonds. The van der Waals surface area contributed by atoms with Gasteiger partial charge in [0.25, 0.3) is 0 Å². The number of rotatable bonds is 11. The number of unbranched alkanes of at least 4 members (excludes halogenated alkanes) is 2. The van der Waals surface area contributed by atoms with Crippen LogP contribution in [0.15, 0.2) is 72.8 Å². The van der Waals surface area contributed by atoms with Gasteiger partial charge in [-0.15, -0.1) is 6.58 Å². The topological polar surface area (TPSA) is 0 Å². The molecule has 0 spiro atoms. The smallest absolute Gasteiger partial charge is 0.0124 e. The zero-order chi connectivity index (χ0) is 20.3. The Bertz CT molecular complexity index is 761. The molecule has 0 heteroatoms. The lowest BCUT2D eigenvalue weighted by atomic mass is 9.83. The molecule has 0 fully saturated rings. The van der Waals surface area contributed by atoms with E-state index in [4.69, 9.17) is 0 Å². The van der Waals surface area contributed by atoms with Crippen LogP contribution in [-0.2, 0) is 19.3 Å². The maximum atomic E-state index is 3.84. The average Bonchev–Trinajstić information content (AvgIpc) is 2.78. The lowest BCUT2D eigenvalue weighted by Gasteiger charge is -2.22. The Morgan fingerprint density at radius 1 is 0.828 bits per heavy atom. The molecule has 2 aromatic rings. The first-order valence-corrected chi connectivity index (χ1v) is 11.7. The van der Waals surface area contributed by atoms with E-state index in [1.165, 1.54) is 73.6 Å². The van der Waals surface area contributed by atoms with Crippen LogP contribution in [0.5, 0.6) is 0 Å². The molecule has 0 aromatic heterocycles. The normalized spacial score (nSPS) is 16.4. The van der Waals surface area contributed by atoms with Gasteiger partial charge in [-0.1, -0.05) is 86.0 Å². The molecule has 0 saturated heterocycles. The fourth-order valence-electron chi connectivity index (χ4n) is 4.40. The highest BCUT2D eigenvalue weighted by Gasteiger charge is 2.15. The lowest BCUT2D eigenvalue weighted by Crippen LogP contribution is -2.04. The highest BCUT2D eigenvalue weighted by Crippen LogP contribution is 2.33. The van der Waals surface area contributed by atoms with Crippen molar-refractivity contribution >= 4 is 0 Å². The van der Waals surface area contributed by atoms with Crippen molar-refractivity contribution in [3.8, 4) is 0 Å². The summed E-state index contributed by atoms with van der Waals surface area (Å²) in [6, 6.07) is 18.8. The van der Waals surface area contributed by atoms with Gasteiger partial charge in [0.1, 0.15) is 0 Å². The third kappa shape index (κ3) is 7.03. The van der Waals surface area contributed by atoms with Crippen molar-refractivity contribution in [2.45, 2.75) is 83.5 Å². The zero-order valence-corrected chi connectivity index (χ0v) is 18.3. The van der Waals surface area contributed by atoms with E-state index < -0.39 is 0 Å². The van der Waals surface area contributed by atoms with Crippen LogP contribution in [0, 0.1) is 0 Å². The van der Waals surface area contributed by atoms with Crippen LogP contribution in [-0.4, -0.2) is 0 Å². The van der Waals surface area contributed by atoms with E-state index in [0.29, 0.717) is 5.92 Å². The predicted octanol–water partition coefficient (Wildman–Crippen LogP) is 8.36. The summed E-state index contributed by atoms with van der Waals surface area (Å²) in [6.07, 6.45) is 18.0. The first-order chi connectivity index (χ1) is 14.3. The summed E-state index contributed by atoms with van der Waals surface area (Å²) in [4.78, 5) is 0. The third-order valence-electron chi connectivity index (χ3n) is 6.42. The molecule has 2 aromatic carbocycles. The summed E-state index contributed by atoms with van der Waals surface area (Å²) < 4.78 is 0. The molecule has 1 aliphatic carbocycles. The Morgan fingerprint density at radius 2 is 1.45 bits per heavy atom. The number of hydrogen-bond acceptors (Lipinski definition) is 0. The minimum atomic E-state index is 0.705. The van der Waals surface area contributed by atoms with Crippen molar-refractivity contribution in [1.82, 2.24) is 0 Å². The molecule has 0 N–H and O–H groups in total. The second-order valence-corrected chi connectivity index (χ2v) is 8.68. The summed E-state index contributed by atoms with van der Waals surface area (Å²) in [5, 5.41) is 0. The van der Waals surface area contributed by atoms with Crippen molar-refractivity contribution in [2.24, 2.45) is 0 Å². The van der Waals surface area contributed by atoms with Crippen LogP contribution in [0.25, 0.3) is 0 Å². The number of aryl methyl sites for hydroxylation is 3. The zero-order valence-electron chi connectivity index (χ0n) is 18.3. The molecule has 29 heavy (non-hydrogen) atoms. The Hall–Kier alpha value is -2.08. The molecule has 1 unspecified atom stereocenters. The van der Waals surface area contributed by atoms with Gasteiger partial charge in [-0.3, -0.25) is 0 Å². The molecule has 3 rings (SSSR count). The molecular weight excluding hydrogens is 348 g/mol. The fraction of sp³-hybridized carbons (Fsp3) is 0.448. The van der Waals surface area contributed by atoms with Crippen LogP contribution in [0.4, 0.5) is 0 Å². The lowest BCUT2D eigenvalue weighted by molar-refractivity contribution is 0.586. The van der Waals surface area contributed by atoms with E-state index in [1.807, 2.05) is 6.08 Å². The maximum Gasteiger partial charge on any atom is -0.0124 e. The molecule has 0 radical (unpaired) electrons. The summed E-state index contributed by atoms with van der Waals surface area (Å²) in [7, 11) is 0. The third-order valence-corrected chi connectivity index (χ3v) is 6.42. The van der Waals surface area contributed by atoms with Crippen molar-refractivity contribution in [3.05, 3.63) is 95.1 Å². The second kappa shape index (κ2) is 11.8. The first-order valence-electron chi connectivity index (χ1n) is 11.7. The van der Waals surface area contributed by atoms with E-state index in [1.54, 1.807) is 5.57 Å². The van der Waals surface area contributed by atoms with Crippen molar-refractivity contribution in [3.63, 3.8) is 0 Å². The average molecular weight is 387 g/mol. The number of allylic oxidation sites excluding steroid dienone is 3. The number of hydrogen-bond donors (Lipinski definition) is 0. The second-order valence-electron chi connectivity index (χ2n) is 8.68. The molecule has 1 atom stereocenters. The van der Waals surface area contributed by atoms with Gasteiger partial charge < -0.3 is 0 Å². The summed E-state index contributed by atoms with van der Waals surface area (Å²) in [5.74, 6) is 0.705. The summed E-state index contributed by atoms with van der Waals surface area (Å²) in [6.45, 7) is 6.11.